The summed E-state index contributed by atoms with van der Waals surface area (Å²) in [6.45, 7) is 2.72. The number of hydrogen-bond donors (Lipinski definition) is 1. The third kappa shape index (κ3) is 2.56. The van der Waals surface area contributed by atoms with Gasteiger partial charge in [-0.15, -0.1) is 0 Å². The Morgan fingerprint density at radius 1 is 0.900 bits per heavy atom. The maximum atomic E-state index is 6.03. The molecule has 0 saturated heterocycles. The standard InChI is InChI=1S/C28H25NO/c1-2-30-25-16-8-15-23-22-13-7-14-24(22)28(29-27(23)25)26-20-11-5-3-9-18(20)17-19-10-4-6-12-21(19)26/h3-13,15-17,22,24,28-29H,2,14H2,1H3. The Morgan fingerprint density at radius 2 is 1.63 bits per heavy atom. The van der Waals surface area contributed by atoms with Crippen molar-refractivity contribution in [2.45, 2.75) is 25.3 Å². The lowest BCUT2D eigenvalue weighted by Crippen LogP contribution is -2.29. The molecule has 2 heteroatoms. The van der Waals surface area contributed by atoms with Gasteiger partial charge in [-0.05, 0) is 64.1 Å². The van der Waals surface area contributed by atoms with E-state index < -0.39 is 0 Å². The summed E-state index contributed by atoms with van der Waals surface area (Å²) in [7, 11) is 0. The van der Waals surface area contributed by atoms with E-state index in [0.29, 0.717) is 18.4 Å². The molecule has 4 aromatic rings. The second-order valence-electron chi connectivity index (χ2n) is 8.36. The van der Waals surface area contributed by atoms with Crippen molar-refractivity contribution >= 4 is 27.2 Å². The molecule has 148 valence electrons. The normalized spacial score (nSPS) is 22.0. The Bertz CT molecular complexity index is 1230. The van der Waals surface area contributed by atoms with E-state index in [0.717, 1.165) is 17.9 Å². The fraction of sp³-hybridized carbons (Fsp3) is 0.214. The zero-order valence-electron chi connectivity index (χ0n) is 17.1. The van der Waals surface area contributed by atoms with Gasteiger partial charge in [0.25, 0.3) is 0 Å². The third-order valence-electron chi connectivity index (χ3n) is 6.78. The number of ether oxygens (including phenoxy) is 1. The summed E-state index contributed by atoms with van der Waals surface area (Å²) in [4.78, 5) is 0. The lowest BCUT2D eigenvalue weighted by molar-refractivity contribution is 0.337. The number of benzene rings is 4. The topological polar surface area (TPSA) is 21.3 Å². The summed E-state index contributed by atoms with van der Waals surface area (Å²) in [5.41, 5.74) is 3.94. The van der Waals surface area contributed by atoms with E-state index in [-0.39, 0.29) is 6.04 Å². The van der Waals surface area contributed by atoms with Crippen LogP contribution in [0, 0.1) is 5.92 Å². The number of para-hydroxylation sites is 1. The molecule has 0 saturated carbocycles. The quantitative estimate of drug-likeness (QED) is 0.294. The van der Waals surface area contributed by atoms with Crippen molar-refractivity contribution in [2.75, 3.05) is 11.9 Å². The van der Waals surface area contributed by atoms with Gasteiger partial charge >= 0.3 is 0 Å². The zero-order chi connectivity index (χ0) is 20.1. The average molecular weight is 392 g/mol. The van der Waals surface area contributed by atoms with Crippen molar-refractivity contribution in [3.05, 3.63) is 96.1 Å². The van der Waals surface area contributed by atoms with Crippen LogP contribution in [0.1, 0.15) is 36.4 Å². The number of nitrogens with one attached hydrogen (secondary N) is 1. The third-order valence-corrected chi connectivity index (χ3v) is 6.78. The molecule has 1 heterocycles. The molecule has 3 atom stereocenters. The predicted molar refractivity (Wildman–Crippen MR) is 125 cm³/mol. The Hall–Kier alpha value is -3.26. The molecular formula is C28H25NO. The van der Waals surface area contributed by atoms with Gasteiger partial charge in [0.2, 0.25) is 0 Å². The molecule has 2 nitrogen and oxygen atoms in total. The van der Waals surface area contributed by atoms with Crippen LogP contribution in [0.15, 0.2) is 84.9 Å². The molecule has 0 radical (unpaired) electrons. The fourth-order valence-corrected chi connectivity index (χ4v) is 5.54. The molecule has 1 N–H and O–H groups in total. The number of allylic oxidation sites excluding steroid dienone is 2. The number of rotatable bonds is 3. The van der Waals surface area contributed by atoms with Gasteiger partial charge in [0.05, 0.1) is 18.3 Å². The van der Waals surface area contributed by atoms with Crippen LogP contribution in [0.2, 0.25) is 0 Å². The van der Waals surface area contributed by atoms with E-state index in [4.69, 9.17) is 4.74 Å². The van der Waals surface area contributed by atoms with Gasteiger partial charge in [-0.2, -0.15) is 0 Å². The number of anilines is 1. The average Bonchev–Trinajstić information content (AvgIpc) is 3.28. The number of hydrogen-bond acceptors (Lipinski definition) is 2. The second-order valence-corrected chi connectivity index (χ2v) is 8.36. The molecular weight excluding hydrogens is 366 g/mol. The van der Waals surface area contributed by atoms with Crippen molar-refractivity contribution in [3.63, 3.8) is 0 Å². The molecule has 0 aromatic heterocycles. The molecule has 3 unspecified atom stereocenters. The molecule has 0 bridgehead atoms. The first-order valence-corrected chi connectivity index (χ1v) is 10.9. The summed E-state index contributed by atoms with van der Waals surface area (Å²) in [5, 5.41) is 9.26. The van der Waals surface area contributed by atoms with E-state index in [2.05, 4.69) is 97.2 Å². The fourth-order valence-electron chi connectivity index (χ4n) is 5.54. The molecule has 6 rings (SSSR count). The minimum Gasteiger partial charge on any atom is -0.492 e. The highest BCUT2D eigenvalue weighted by Crippen LogP contribution is 2.53. The smallest absolute Gasteiger partial charge is 0.142 e. The molecule has 0 fully saturated rings. The summed E-state index contributed by atoms with van der Waals surface area (Å²) in [5.74, 6) is 1.89. The first kappa shape index (κ1) is 17.6. The Balaban J connectivity index is 1.62. The minimum absolute atomic E-state index is 0.232. The monoisotopic (exact) mass is 391 g/mol. The maximum absolute atomic E-state index is 6.03. The predicted octanol–water partition coefficient (Wildman–Crippen LogP) is 7.22. The maximum Gasteiger partial charge on any atom is 0.142 e. The highest BCUT2D eigenvalue weighted by molar-refractivity contribution is 6.03. The van der Waals surface area contributed by atoms with Crippen LogP contribution in [0.25, 0.3) is 21.5 Å². The zero-order valence-corrected chi connectivity index (χ0v) is 17.1. The largest absolute Gasteiger partial charge is 0.492 e. The van der Waals surface area contributed by atoms with E-state index in [1.54, 1.807) is 0 Å². The van der Waals surface area contributed by atoms with Gasteiger partial charge in [0.15, 0.2) is 0 Å². The Labute approximate surface area is 177 Å². The van der Waals surface area contributed by atoms with Gasteiger partial charge in [-0.1, -0.05) is 72.8 Å². The summed E-state index contributed by atoms with van der Waals surface area (Å²) in [6, 6.07) is 26.6. The van der Waals surface area contributed by atoms with E-state index in [1.165, 1.54) is 32.7 Å². The van der Waals surface area contributed by atoms with Gasteiger partial charge in [0, 0.05) is 5.92 Å². The van der Waals surface area contributed by atoms with Crippen LogP contribution < -0.4 is 10.1 Å². The van der Waals surface area contributed by atoms with Gasteiger partial charge < -0.3 is 10.1 Å². The lowest BCUT2D eigenvalue weighted by atomic mass is 9.75. The van der Waals surface area contributed by atoms with E-state index >= 15 is 0 Å². The van der Waals surface area contributed by atoms with Crippen LogP contribution in [-0.2, 0) is 0 Å². The van der Waals surface area contributed by atoms with Gasteiger partial charge in [-0.3, -0.25) is 0 Å². The Kier molecular flexibility index (Phi) is 4.05. The van der Waals surface area contributed by atoms with Crippen molar-refractivity contribution < 1.29 is 4.74 Å². The summed E-state index contributed by atoms with van der Waals surface area (Å²) >= 11 is 0. The van der Waals surface area contributed by atoms with Crippen LogP contribution in [0.4, 0.5) is 5.69 Å². The molecule has 1 aliphatic heterocycles. The van der Waals surface area contributed by atoms with Crippen molar-refractivity contribution in [1.29, 1.82) is 0 Å². The highest BCUT2D eigenvalue weighted by atomic mass is 16.5. The second kappa shape index (κ2) is 6.91. The molecule has 2 aliphatic rings. The highest BCUT2D eigenvalue weighted by Gasteiger charge is 2.40. The summed E-state index contributed by atoms with van der Waals surface area (Å²) in [6.07, 6.45) is 5.86. The number of fused-ring (bicyclic) bond motifs is 5. The molecule has 30 heavy (non-hydrogen) atoms. The van der Waals surface area contributed by atoms with Gasteiger partial charge in [-0.25, -0.2) is 0 Å². The van der Waals surface area contributed by atoms with Crippen molar-refractivity contribution in [1.82, 2.24) is 0 Å². The van der Waals surface area contributed by atoms with Crippen LogP contribution in [0.5, 0.6) is 5.75 Å². The van der Waals surface area contributed by atoms with E-state index in [1.807, 2.05) is 0 Å². The first-order valence-electron chi connectivity index (χ1n) is 10.9. The molecule has 0 spiro atoms. The van der Waals surface area contributed by atoms with Crippen LogP contribution >= 0.6 is 0 Å². The molecule has 4 aromatic carbocycles. The van der Waals surface area contributed by atoms with Crippen molar-refractivity contribution in [3.8, 4) is 5.75 Å². The minimum atomic E-state index is 0.232. The van der Waals surface area contributed by atoms with Crippen LogP contribution in [0.3, 0.4) is 0 Å². The Morgan fingerprint density at radius 3 is 2.37 bits per heavy atom. The SMILES string of the molecule is CCOc1cccc2c1NC(c1c3ccccc3cc3ccccc13)C1CC=CC21. The van der Waals surface area contributed by atoms with Crippen LogP contribution in [-0.4, -0.2) is 6.61 Å². The molecule has 0 amide bonds. The lowest BCUT2D eigenvalue weighted by Gasteiger charge is -2.39. The van der Waals surface area contributed by atoms with E-state index in [9.17, 15) is 0 Å². The molecule has 1 aliphatic carbocycles. The first-order chi connectivity index (χ1) is 14.8. The summed E-state index contributed by atoms with van der Waals surface area (Å²) < 4.78 is 6.03. The van der Waals surface area contributed by atoms with Gasteiger partial charge in [0.1, 0.15) is 5.75 Å². The van der Waals surface area contributed by atoms with Crippen molar-refractivity contribution in [2.24, 2.45) is 5.92 Å².